The molecule has 4 bridgehead atoms. The molecular weight excluding hydrogens is 663 g/mol. The fraction of sp³-hybridized carbons (Fsp3) is 0.333. The number of fused-ring (bicyclic) bond motifs is 4. The molecule has 6 aromatic carbocycles. The quantitative estimate of drug-likeness (QED) is 0.172. The van der Waals surface area contributed by atoms with E-state index in [1.807, 2.05) is 0 Å². The van der Waals surface area contributed by atoms with Gasteiger partial charge in [0, 0.05) is 16.8 Å². The summed E-state index contributed by atoms with van der Waals surface area (Å²) in [5, 5.41) is 0. The molecule has 1 heteroatoms. The van der Waals surface area contributed by atoms with Crippen LogP contribution in [0.25, 0.3) is 33.4 Å². The molecule has 0 aromatic heterocycles. The van der Waals surface area contributed by atoms with E-state index in [0.29, 0.717) is 11.8 Å². The van der Waals surface area contributed by atoms with Crippen LogP contribution in [0.3, 0.4) is 0 Å². The topological polar surface area (TPSA) is 3.24 Å². The summed E-state index contributed by atoms with van der Waals surface area (Å²) >= 11 is 0. The molecule has 0 aliphatic heterocycles. The average molecular weight is 716 g/mol. The Balaban J connectivity index is 1.08. The maximum Gasteiger partial charge on any atom is 0.0509 e. The molecule has 0 N–H and O–H groups in total. The predicted octanol–water partition coefficient (Wildman–Crippen LogP) is 14.6. The molecule has 0 unspecified atom stereocenters. The number of anilines is 3. The number of benzene rings is 6. The summed E-state index contributed by atoms with van der Waals surface area (Å²) in [7, 11) is 0. The second kappa shape index (κ2) is 12.1. The van der Waals surface area contributed by atoms with Crippen LogP contribution in [-0.2, 0) is 16.2 Å². The normalized spacial score (nSPS) is 26.0. The van der Waals surface area contributed by atoms with Gasteiger partial charge < -0.3 is 4.90 Å². The van der Waals surface area contributed by atoms with Crippen LogP contribution >= 0.6 is 0 Å². The van der Waals surface area contributed by atoms with Gasteiger partial charge in [-0.2, -0.15) is 0 Å². The zero-order valence-corrected chi connectivity index (χ0v) is 33.0. The van der Waals surface area contributed by atoms with Crippen molar-refractivity contribution < 1.29 is 0 Å². The van der Waals surface area contributed by atoms with Gasteiger partial charge in [-0.25, -0.2) is 0 Å². The van der Waals surface area contributed by atoms with E-state index in [9.17, 15) is 0 Å². The van der Waals surface area contributed by atoms with E-state index in [1.165, 1.54) is 107 Å². The molecule has 0 amide bonds. The Kier molecular flexibility index (Phi) is 7.34. The molecule has 6 aliphatic rings. The Bertz CT molecular complexity index is 2400. The number of rotatable bonds is 5. The largest absolute Gasteiger partial charge is 0.310 e. The van der Waals surface area contributed by atoms with Crippen LogP contribution < -0.4 is 4.90 Å². The summed E-state index contributed by atoms with van der Waals surface area (Å²) in [5.41, 5.74) is 18.6. The molecule has 55 heavy (non-hydrogen) atoms. The van der Waals surface area contributed by atoms with Gasteiger partial charge in [0.2, 0.25) is 0 Å². The molecular formula is C54H53N. The summed E-state index contributed by atoms with van der Waals surface area (Å²) in [6.45, 7) is 9.70. The minimum Gasteiger partial charge on any atom is -0.310 e. The lowest BCUT2D eigenvalue weighted by molar-refractivity contribution is -0.0397. The van der Waals surface area contributed by atoms with Crippen LogP contribution in [0.4, 0.5) is 17.1 Å². The summed E-state index contributed by atoms with van der Waals surface area (Å²) in [5.74, 6) is 3.22. The lowest BCUT2D eigenvalue weighted by atomic mass is 9.43. The second-order valence-corrected chi connectivity index (χ2v) is 19.2. The average Bonchev–Trinajstić information content (AvgIpc) is 3.51. The SMILES string of the molecule is CC1(C)CCC(C)(C)c2cc(-c3ccc(N(c4ccc(-c5ccccc5)cc4)c4cccc5c4C4(c6ccccc6-5)C5CC6CC(C5)CC4C6)cc3)ccc21. The Hall–Kier alpha value is -4.88. The number of hydrogen-bond donors (Lipinski definition) is 0. The van der Waals surface area contributed by atoms with Crippen molar-refractivity contribution >= 4 is 17.1 Å². The lowest BCUT2D eigenvalue weighted by Crippen LogP contribution is -2.55. The molecule has 6 aromatic rings. The van der Waals surface area contributed by atoms with E-state index in [2.05, 4.69) is 172 Å². The molecule has 0 radical (unpaired) electrons. The van der Waals surface area contributed by atoms with E-state index in [0.717, 1.165) is 11.8 Å². The van der Waals surface area contributed by atoms with Crippen molar-refractivity contribution in [1.29, 1.82) is 0 Å². The standard InChI is InChI=1S/C54H53N/c1-52(2)27-28-53(3,4)49-34-40(21-26-48(49)52)39-19-24-44(25-20-39)55(43-22-17-38(18-23-43)37-11-6-5-7-12-37)50-16-10-14-46-45-13-8-9-15-47(45)54(51(46)50)41-30-35-29-36(32-41)33-42(54)31-35/h5-26,34-36,41-42H,27-33H2,1-4H3. The summed E-state index contributed by atoms with van der Waals surface area (Å²) in [4.78, 5) is 2.61. The van der Waals surface area contributed by atoms with Gasteiger partial charge in [-0.1, -0.05) is 137 Å². The lowest BCUT2D eigenvalue weighted by Gasteiger charge is -2.61. The van der Waals surface area contributed by atoms with Crippen molar-refractivity contribution in [3.05, 3.63) is 162 Å². The third-order valence-corrected chi connectivity index (χ3v) is 15.3. The van der Waals surface area contributed by atoms with Gasteiger partial charge in [0.1, 0.15) is 0 Å². The molecule has 4 fully saturated rings. The van der Waals surface area contributed by atoms with Gasteiger partial charge in [0.25, 0.3) is 0 Å². The maximum atomic E-state index is 2.61. The van der Waals surface area contributed by atoms with E-state index in [4.69, 9.17) is 0 Å². The van der Waals surface area contributed by atoms with Crippen molar-refractivity contribution in [2.24, 2.45) is 23.7 Å². The zero-order valence-electron chi connectivity index (χ0n) is 33.0. The highest BCUT2D eigenvalue weighted by Crippen LogP contribution is 2.71. The first-order chi connectivity index (χ1) is 26.7. The van der Waals surface area contributed by atoms with Crippen LogP contribution in [-0.4, -0.2) is 0 Å². The highest BCUT2D eigenvalue weighted by atomic mass is 15.1. The first-order valence-corrected chi connectivity index (χ1v) is 21.2. The van der Waals surface area contributed by atoms with Crippen molar-refractivity contribution in [2.75, 3.05) is 4.90 Å². The predicted molar refractivity (Wildman–Crippen MR) is 231 cm³/mol. The summed E-state index contributed by atoms with van der Waals surface area (Å²) in [6, 6.07) is 53.7. The van der Waals surface area contributed by atoms with Crippen LogP contribution in [0.2, 0.25) is 0 Å². The minimum atomic E-state index is 0.0713. The van der Waals surface area contributed by atoms with Gasteiger partial charge in [0.15, 0.2) is 0 Å². The highest BCUT2D eigenvalue weighted by molar-refractivity contribution is 5.92. The van der Waals surface area contributed by atoms with Crippen LogP contribution in [0.15, 0.2) is 140 Å². The van der Waals surface area contributed by atoms with Gasteiger partial charge in [-0.05, 0) is 165 Å². The van der Waals surface area contributed by atoms with Crippen LogP contribution in [0.1, 0.15) is 94.9 Å². The van der Waals surface area contributed by atoms with Crippen molar-refractivity contribution in [1.82, 2.24) is 0 Å². The molecule has 0 atom stereocenters. The molecule has 0 saturated heterocycles. The number of hydrogen-bond acceptors (Lipinski definition) is 1. The Morgan fingerprint density at radius 2 is 0.964 bits per heavy atom. The highest BCUT2D eigenvalue weighted by Gasteiger charge is 2.62. The molecule has 4 saturated carbocycles. The van der Waals surface area contributed by atoms with E-state index >= 15 is 0 Å². The van der Waals surface area contributed by atoms with Gasteiger partial charge >= 0.3 is 0 Å². The monoisotopic (exact) mass is 715 g/mol. The van der Waals surface area contributed by atoms with Gasteiger partial charge in [0.05, 0.1) is 5.69 Å². The summed E-state index contributed by atoms with van der Waals surface area (Å²) < 4.78 is 0. The molecule has 274 valence electrons. The van der Waals surface area contributed by atoms with Crippen molar-refractivity contribution in [2.45, 2.75) is 88.9 Å². The Morgan fingerprint density at radius 3 is 1.62 bits per heavy atom. The van der Waals surface area contributed by atoms with E-state index < -0.39 is 0 Å². The molecule has 1 nitrogen and oxygen atoms in total. The summed E-state index contributed by atoms with van der Waals surface area (Å²) in [6.07, 6.45) is 9.44. The third kappa shape index (κ3) is 4.97. The Labute approximate surface area is 328 Å². The smallest absolute Gasteiger partial charge is 0.0509 e. The third-order valence-electron chi connectivity index (χ3n) is 15.3. The minimum absolute atomic E-state index is 0.0713. The maximum absolute atomic E-state index is 2.61. The van der Waals surface area contributed by atoms with E-state index in [1.54, 1.807) is 11.1 Å². The molecule has 6 aliphatic carbocycles. The first-order valence-electron chi connectivity index (χ1n) is 21.2. The fourth-order valence-corrected chi connectivity index (χ4v) is 12.8. The Morgan fingerprint density at radius 1 is 0.436 bits per heavy atom. The second-order valence-electron chi connectivity index (χ2n) is 19.2. The molecule has 0 heterocycles. The van der Waals surface area contributed by atoms with E-state index in [-0.39, 0.29) is 16.2 Å². The zero-order chi connectivity index (χ0) is 37.1. The number of nitrogens with zero attached hydrogens (tertiary/aromatic N) is 1. The van der Waals surface area contributed by atoms with Crippen LogP contribution in [0, 0.1) is 23.7 Å². The van der Waals surface area contributed by atoms with Crippen LogP contribution in [0.5, 0.6) is 0 Å². The molecule has 1 spiro atoms. The molecule has 12 rings (SSSR count). The first kappa shape index (κ1) is 33.5. The van der Waals surface area contributed by atoms with Crippen molar-refractivity contribution in [3.63, 3.8) is 0 Å². The van der Waals surface area contributed by atoms with Gasteiger partial charge in [-0.3, -0.25) is 0 Å². The fourth-order valence-electron chi connectivity index (χ4n) is 12.8. The van der Waals surface area contributed by atoms with Gasteiger partial charge in [-0.15, -0.1) is 0 Å². The van der Waals surface area contributed by atoms with Crippen molar-refractivity contribution in [3.8, 4) is 33.4 Å².